The van der Waals surface area contributed by atoms with E-state index in [4.69, 9.17) is 32.4 Å². The lowest BCUT2D eigenvalue weighted by Crippen LogP contribution is -2.25. The molecule has 0 saturated carbocycles. The van der Waals surface area contributed by atoms with Crippen molar-refractivity contribution in [3.63, 3.8) is 0 Å². The van der Waals surface area contributed by atoms with Crippen LogP contribution >= 0.6 is 23.2 Å². The average molecular weight is 408 g/mol. The Hall–Kier alpha value is -2.24. The highest BCUT2D eigenvalue weighted by Gasteiger charge is 2.13. The van der Waals surface area contributed by atoms with Gasteiger partial charge in [0.05, 0.1) is 22.5 Å². The van der Waals surface area contributed by atoms with Crippen LogP contribution in [0.3, 0.4) is 0 Å². The number of unbranched alkanes of at least 4 members (excludes halogenated alkanes) is 1. The lowest BCUT2D eigenvalue weighted by molar-refractivity contribution is 0.299. The van der Waals surface area contributed by atoms with Crippen molar-refractivity contribution in [3.8, 4) is 5.75 Å². The van der Waals surface area contributed by atoms with Gasteiger partial charge in [0.25, 0.3) is 0 Å². The second-order valence-corrected chi connectivity index (χ2v) is 7.26. The minimum absolute atomic E-state index is 0.193. The lowest BCUT2D eigenvalue weighted by Gasteiger charge is -2.12. The number of hydrogen-bond donors (Lipinski definition) is 0. The van der Waals surface area contributed by atoms with Gasteiger partial charge in [-0.3, -0.25) is 4.57 Å². The summed E-state index contributed by atoms with van der Waals surface area (Å²) in [6, 6.07) is 9.02. The van der Waals surface area contributed by atoms with Crippen molar-refractivity contribution < 1.29 is 9.15 Å². The first-order valence-electron chi connectivity index (χ1n) is 8.59. The molecule has 0 bridgehead atoms. The molecule has 0 amide bonds. The molecule has 1 heterocycles. The Bertz CT molecular complexity index is 1100. The van der Waals surface area contributed by atoms with Gasteiger partial charge in [-0.1, -0.05) is 35.3 Å². The maximum atomic E-state index is 12.1. The monoisotopic (exact) mass is 407 g/mol. The molecule has 2 aromatic carbocycles. The minimum atomic E-state index is -0.742. The number of benzene rings is 2. The molecule has 0 aliphatic rings. The first kappa shape index (κ1) is 19.5. The van der Waals surface area contributed by atoms with Gasteiger partial charge in [0.1, 0.15) is 5.75 Å². The van der Waals surface area contributed by atoms with Crippen LogP contribution in [-0.2, 0) is 6.54 Å². The van der Waals surface area contributed by atoms with Crippen LogP contribution in [0.25, 0.3) is 10.9 Å². The predicted octanol–water partition coefficient (Wildman–Crippen LogP) is 4.74. The SMILES string of the molecule is Cc1ccc(C)c(OCCCCn2c(=O)oc(=O)c3cc(Cl)cc(Cl)c32)c1. The summed E-state index contributed by atoms with van der Waals surface area (Å²) in [7, 11) is 0. The number of hydrogen-bond acceptors (Lipinski definition) is 4. The van der Waals surface area contributed by atoms with E-state index in [0.717, 1.165) is 23.3 Å². The van der Waals surface area contributed by atoms with Gasteiger partial charge in [-0.05, 0) is 56.0 Å². The fraction of sp³-hybridized carbons (Fsp3) is 0.300. The molecule has 0 saturated heterocycles. The smallest absolute Gasteiger partial charge is 0.422 e. The number of aromatic nitrogens is 1. The summed E-state index contributed by atoms with van der Waals surface area (Å²) < 4.78 is 12.0. The summed E-state index contributed by atoms with van der Waals surface area (Å²) in [6.45, 7) is 4.90. The third-order valence-electron chi connectivity index (χ3n) is 4.30. The van der Waals surface area contributed by atoms with E-state index in [-0.39, 0.29) is 10.4 Å². The molecule has 0 fully saturated rings. The number of fused-ring (bicyclic) bond motifs is 1. The molecule has 0 aliphatic heterocycles. The van der Waals surface area contributed by atoms with E-state index in [1.54, 1.807) is 0 Å². The van der Waals surface area contributed by atoms with Crippen molar-refractivity contribution >= 4 is 34.1 Å². The average Bonchev–Trinajstić information content (AvgIpc) is 2.60. The number of rotatable bonds is 6. The van der Waals surface area contributed by atoms with Gasteiger partial charge in [0, 0.05) is 11.6 Å². The van der Waals surface area contributed by atoms with Gasteiger partial charge in [-0.15, -0.1) is 0 Å². The molecule has 0 unspecified atom stereocenters. The molecule has 27 heavy (non-hydrogen) atoms. The van der Waals surface area contributed by atoms with E-state index in [1.165, 1.54) is 16.7 Å². The molecule has 0 atom stereocenters. The highest BCUT2D eigenvalue weighted by molar-refractivity contribution is 6.38. The van der Waals surface area contributed by atoms with Crippen LogP contribution in [0.2, 0.25) is 10.0 Å². The third kappa shape index (κ3) is 4.37. The van der Waals surface area contributed by atoms with E-state index < -0.39 is 11.4 Å². The summed E-state index contributed by atoms with van der Waals surface area (Å²) in [5, 5.41) is 0.750. The van der Waals surface area contributed by atoms with Gasteiger partial charge >= 0.3 is 11.4 Å². The van der Waals surface area contributed by atoms with Crippen LogP contribution < -0.4 is 16.1 Å². The van der Waals surface area contributed by atoms with Gasteiger partial charge in [0.15, 0.2) is 0 Å². The highest BCUT2D eigenvalue weighted by atomic mass is 35.5. The Balaban J connectivity index is 1.71. The Labute approximate surface area is 166 Å². The zero-order valence-corrected chi connectivity index (χ0v) is 16.6. The van der Waals surface area contributed by atoms with Crippen molar-refractivity contribution in [2.75, 3.05) is 6.61 Å². The Morgan fingerprint density at radius 3 is 2.63 bits per heavy atom. The normalized spacial score (nSPS) is 11.1. The maximum absolute atomic E-state index is 12.1. The minimum Gasteiger partial charge on any atom is -0.493 e. The van der Waals surface area contributed by atoms with Crippen molar-refractivity contribution in [1.29, 1.82) is 0 Å². The topological polar surface area (TPSA) is 61.4 Å². The van der Waals surface area contributed by atoms with Crippen molar-refractivity contribution in [2.24, 2.45) is 0 Å². The molecular weight excluding hydrogens is 389 g/mol. The lowest BCUT2D eigenvalue weighted by atomic mass is 10.1. The fourth-order valence-electron chi connectivity index (χ4n) is 2.90. The first-order chi connectivity index (χ1) is 12.9. The molecular formula is C20H19Cl2NO4. The Morgan fingerprint density at radius 2 is 1.85 bits per heavy atom. The van der Waals surface area contributed by atoms with Crippen molar-refractivity contribution in [3.05, 3.63) is 72.5 Å². The van der Waals surface area contributed by atoms with Gasteiger partial charge < -0.3 is 9.15 Å². The number of nitrogens with zero attached hydrogens (tertiary/aromatic N) is 1. The summed E-state index contributed by atoms with van der Waals surface area (Å²) in [5.41, 5.74) is 1.82. The Kier molecular flexibility index (Phi) is 5.92. The van der Waals surface area contributed by atoms with E-state index in [9.17, 15) is 9.59 Å². The van der Waals surface area contributed by atoms with Crippen LogP contribution in [0.1, 0.15) is 24.0 Å². The molecule has 7 heteroatoms. The van der Waals surface area contributed by atoms with Crippen LogP contribution in [0.5, 0.6) is 5.75 Å². The van der Waals surface area contributed by atoms with Crippen LogP contribution in [-0.4, -0.2) is 11.2 Å². The van der Waals surface area contributed by atoms with Crippen LogP contribution in [0.4, 0.5) is 0 Å². The van der Waals surface area contributed by atoms with Crippen molar-refractivity contribution in [1.82, 2.24) is 4.57 Å². The first-order valence-corrected chi connectivity index (χ1v) is 9.35. The van der Waals surface area contributed by atoms with Crippen LogP contribution in [0, 0.1) is 13.8 Å². The second-order valence-electron chi connectivity index (χ2n) is 6.42. The molecule has 142 valence electrons. The number of ether oxygens (including phenoxy) is 1. The highest BCUT2D eigenvalue weighted by Crippen LogP contribution is 2.25. The molecule has 3 rings (SSSR count). The van der Waals surface area contributed by atoms with Crippen molar-refractivity contribution in [2.45, 2.75) is 33.2 Å². The van der Waals surface area contributed by atoms with Gasteiger partial charge in [-0.25, -0.2) is 9.59 Å². The third-order valence-corrected chi connectivity index (χ3v) is 4.80. The largest absolute Gasteiger partial charge is 0.493 e. The van der Waals surface area contributed by atoms with E-state index in [0.29, 0.717) is 30.1 Å². The summed E-state index contributed by atoms with van der Waals surface area (Å²) >= 11 is 12.2. The second kappa shape index (κ2) is 8.19. The molecule has 5 nitrogen and oxygen atoms in total. The van der Waals surface area contributed by atoms with E-state index >= 15 is 0 Å². The molecule has 0 radical (unpaired) electrons. The van der Waals surface area contributed by atoms with E-state index in [1.807, 2.05) is 32.0 Å². The maximum Gasteiger partial charge on any atom is 0.422 e. The fourth-order valence-corrected chi connectivity index (χ4v) is 3.49. The van der Waals surface area contributed by atoms with Crippen LogP contribution in [0.15, 0.2) is 44.3 Å². The molecule has 1 aromatic heterocycles. The summed E-state index contributed by atoms with van der Waals surface area (Å²) in [6.07, 6.45) is 1.39. The molecule has 0 N–H and O–H groups in total. The zero-order chi connectivity index (χ0) is 19.6. The van der Waals surface area contributed by atoms with E-state index in [2.05, 4.69) is 0 Å². The Morgan fingerprint density at radius 1 is 1.07 bits per heavy atom. The summed E-state index contributed by atoms with van der Waals surface area (Å²) in [5.74, 6) is 0.133. The molecule has 3 aromatic rings. The zero-order valence-electron chi connectivity index (χ0n) is 15.1. The molecule has 0 aliphatic carbocycles. The predicted molar refractivity (Wildman–Crippen MR) is 107 cm³/mol. The molecule has 0 spiro atoms. The quantitative estimate of drug-likeness (QED) is 0.553. The standard InChI is InChI=1S/C20H19Cl2NO4/c1-12-5-6-13(2)17(9-12)26-8-4-3-7-23-18-15(19(24)27-20(23)25)10-14(21)11-16(18)22/h5-6,9-11H,3-4,7-8H2,1-2H3. The number of aryl methyl sites for hydroxylation is 3. The van der Waals surface area contributed by atoms with Gasteiger partial charge in [-0.2, -0.15) is 0 Å². The summed E-state index contributed by atoms with van der Waals surface area (Å²) in [4.78, 5) is 24.1. The number of halogens is 2. The van der Waals surface area contributed by atoms with Gasteiger partial charge in [0.2, 0.25) is 0 Å².